The largest absolute Gasteiger partial charge is 1.00 e. The molecule has 2 N–H and O–H groups in total. The highest BCUT2D eigenvalue weighted by Gasteiger charge is 2.29. The van der Waals surface area contributed by atoms with Crippen molar-refractivity contribution in [2.24, 2.45) is 0 Å². The smallest absolute Gasteiger partial charge is 0.286 e. The number of benzene rings is 2. The van der Waals surface area contributed by atoms with Gasteiger partial charge in [-0.2, -0.15) is 0 Å². The molecule has 0 radical (unpaired) electrons. The molecule has 0 aliphatic carbocycles. The molecule has 0 bridgehead atoms. The minimum atomic E-state index is 0. The minimum Gasteiger partial charge on any atom is -1.00 e. The lowest BCUT2D eigenvalue weighted by Crippen LogP contribution is -3.27. The molecule has 2 heterocycles. The summed E-state index contributed by atoms with van der Waals surface area (Å²) in [5, 5.41) is 0. The summed E-state index contributed by atoms with van der Waals surface area (Å²) in [7, 11) is 2.23. The van der Waals surface area contributed by atoms with Crippen LogP contribution in [0.5, 0.6) is 0 Å². The number of likely N-dealkylation sites (N-methyl/N-ethyl adjacent to an activating group) is 1. The molecular formula is C21H25Cl2N3O. The predicted molar refractivity (Wildman–Crippen MR) is 101 cm³/mol. The second kappa shape index (κ2) is 9.38. The molecule has 1 fully saturated rings. The molecule has 0 saturated carbocycles. The summed E-state index contributed by atoms with van der Waals surface area (Å²) in [4.78, 5) is 18.2. The van der Waals surface area contributed by atoms with Gasteiger partial charge in [0.15, 0.2) is 6.54 Å². The molecule has 2 aromatic rings. The van der Waals surface area contributed by atoms with Crippen LogP contribution in [0.2, 0.25) is 0 Å². The number of carbonyl (C=O) groups is 1. The van der Waals surface area contributed by atoms with E-state index in [1.54, 1.807) is 4.90 Å². The van der Waals surface area contributed by atoms with Gasteiger partial charge in [0.05, 0.1) is 18.4 Å². The average Bonchev–Trinajstić information content (AvgIpc) is 2.80. The molecule has 2 aliphatic rings. The summed E-state index contributed by atoms with van der Waals surface area (Å²) < 4.78 is 0. The Morgan fingerprint density at radius 2 is 1.33 bits per heavy atom. The van der Waals surface area contributed by atoms with Gasteiger partial charge in [0.25, 0.3) is 5.91 Å². The first-order chi connectivity index (χ1) is 12.2. The zero-order valence-corrected chi connectivity index (χ0v) is 16.9. The Morgan fingerprint density at radius 3 is 1.85 bits per heavy atom. The third-order valence-electron chi connectivity index (χ3n) is 5.26. The van der Waals surface area contributed by atoms with Crippen molar-refractivity contribution in [3.8, 4) is 0 Å². The summed E-state index contributed by atoms with van der Waals surface area (Å²) in [5.41, 5.74) is 4.13. The standard InChI is InChI=1S/C21H23N3O.2ClH/c1-22-12-14-23(15-13-22)16-21(25)24-19-8-4-2-6-17(19)10-11-18-7-3-5-9-20(18)24;;/h2-11H,12-16H2,1H3;2*1H. The summed E-state index contributed by atoms with van der Waals surface area (Å²) in [6.07, 6.45) is 4.21. The number of para-hydroxylation sites is 2. The van der Waals surface area contributed by atoms with Gasteiger partial charge in [0.2, 0.25) is 0 Å². The van der Waals surface area contributed by atoms with Crippen LogP contribution in [0.1, 0.15) is 11.1 Å². The SMILES string of the molecule is C[NH+]1CC[NH+](CC(=O)N2c3ccccc3C=Cc3ccccc32)CC1.[Cl-].[Cl-]. The molecular weight excluding hydrogens is 381 g/mol. The molecule has 2 aromatic carbocycles. The number of rotatable bonds is 2. The van der Waals surface area contributed by atoms with Crippen LogP contribution >= 0.6 is 0 Å². The zero-order chi connectivity index (χ0) is 17.2. The number of piperazine rings is 1. The summed E-state index contributed by atoms with van der Waals surface area (Å²) >= 11 is 0. The third-order valence-corrected chi connectivity index (χ3v) is 5.26. The van der Waals surface area contributed by atoms with Crippen LogP contribution in [0.15, 0.2) is 48.5 Å². The van der Waals surface area contributed by atoms with Crippen LogP contribution in [0, 0.1) is 0 Å². The van der Waals surface area contributed by atoms with Gasteiger partial charge in [-0.05, 0) is 23.3 Å². The molecule has 0 aromatic heterocycles. The van der Waals surface area contributed by atoms with Crippen molar-refractivity contribution in [3.05, 3.63) is 59.7 Å². The number of carbonyl (C=O) groups excluding carboxylic acids is 1. The molecule has 0 unspecified atom stereocenters. The van der Waals surface area contributed by atoms with E-state index in [4.69, 9.17) is 0 Å². The van der Waals surface area contributed by atoms with Gasteiger partial charge in [0.1, 0.15) is 26.2 Å². The fraction of sp³-hybridized carbons (Fsp3) is 0.286. The van der Waals surface area contributed by atoms with E-state index < -0.39 is 0 Å². The van der Waals surface area contributed by atoms with Gasteiger partial charge in [-0.25, -0.2) is 0 Å². The minimum absolute atomic E-state index is 0. The van der Waals surface area contributed by atoms with Crippen molar-refractivity contribution in [2.45, 2.75) is 0 Å². The summed E-state index contributed by atoms with van der Waals surface area (Å²) in [6, 6.07) is 16.3. The highest BCUT2D eigenvalue weighted by molar-refractivity contribution is 6.06. The van der Waals surface area contributed by atoms with Crippen molar-refractivity contribution in [2.75, 3.05) is 44.7 Å². The number of nitrogens with zero attached hydrogens (tertiary/aromatic N) is 1. The lowest BCUT2D eigenvalue weighted by atomic mass is 10.1. The van der Waals surface area contributed by atoms with Crippen molar-refractivity contribution in [3.63, 3.8) is 0 Å². The van der Waals surface area contributed by atoms with E-state index in [0.717, 1.165) is 48.7 Å². The maximum atomic E-state index is 13.3. The van der Waals surface area contributed by atoms with Crippen LogP contribution in [0.4, 0.5) is 11.4 Å². The molecule has 6 heteroatoms. The Hall–Kier alpha value is -1.85. The number of hydrogen-bond acceptors (Lipinski definition) is 1. The first-order valence-corrected chi connectivity index (χ1v) is 9.06. The first kappa shape index (κ1) is 21.5. The van der Waals surface area contributed by atoms with E-state index in [1.165, 1.54) is 4.90 Å². The molecule has 0 spiro atoms. The quantitative estimate of drug-likeness (QED) is 0.512. The lowest BCUT2D eigenvalue weighted by molar-refractivity contribution is -1.000. The maximum Gasteiger partial charge on any atom is 0.286 e. The van der Waals surface area contributed by atoms with Gasteiger partial charge in [0, 0.05) is 0 Å². The van der Waals surface area contributed by atoms with Gasteiger partial charge in [-0.3, -0.25) is 9.69 Å². The molecule has 1 saturated heterocycles. The molecule has 144 valence electrons. The summed E-state index contributed by atoms with van der Waals surface area (Å²) in [5.74, 6) is 0.179. The van der Waals surface area contributed by atoms with E-state index in [-0.39, 0.29) is 30.7 Å². The normalized spacial score (nSPS) is 20.4. The molecule has 4 rings (SSSR count). The van der Waals surface area contributed by atoms with Crippen molar-refractivity contribution < 1.29 is 39.4 Å². The number of nitrogens with one attached hydrogen (secondary N) is 2. The average molecular weight is 406 g/mol. The maximum absolute atomic E-state index is 13.3. The molecule has 27 heavy (non-hydrogen) atoms. The van der Waals surface area contributed by atoms with Crippen LogP contribution < -0.4 is 39.5 Å². The second-order valence-electron chi connectivity index (χ2n) is 7.06. The fourth-order valence-corrected chi connectivity index (χ4v) is 3.74. The molecule has 0 atom stereocenters. The topological polar surface area (TPSA) is 29.2 Å². The van der Waals surface area contributed by atoms with Crippen LogP contribution in [-0.2, 0) is 4.79 Å². The van der Waals surface area contributed by atoms with Gasteiger partial charge in [-0.15, -0.1) is 0 Å². The number of halogens is 2. The molecule has 2 aliphatic heterocycles. The van der Waals surface area contributed by atoms with Gasteiger partial charge < -0.3 is 34.6 Å². The predicted octanol–water partition coefficient (Wildman–Crippen LogP) is -5.74. The summed E-state index contributed by atoms with van der Waals surface area (Å²) in [6.45, 7) is 4.95. The van der Waals surface area contributed by atoms with Crippen molar-refractivity contribution in [1.82, 2.24) is 0 Å². The highest BCUT2D eigenvalue weighted by atomic mass is 35.5. The van der Waals surface area contributed by atoms with Gasteiger partial charge in [-0.1, -0.05) is 48.6 Å². The first-order valence-electron chi connectivity index (χ1n) is 9.06. The Kier molecular flexibility index (Phi) is 7.45. The Labute approximate surface area is 173 Å². The number of hydrogen-bond donors (Lipinski definition) is 2. The van der Waals surface area contributed by atoms with E-state index >= 15 is 0 Å². The zero-order valence-electron chi connectivity index (χ0n) is 15.4. The molecule has 1 amide bonds. The monoisotopic (exact) mass is 405 g/mol. The van der Waals surface area contributed by atoms with E-state index in [2.05, 4.69) is 31.3 Å². The number of fused-ring (bicyclic) bond motifs is 2. The third kappa shape index (κ3) is 4.53. The Balaban J connectivity index is 0.00000131. The van der Waals surface area contributed by atoms with Crippen molar-refractivity contribution in [1.29, 1.82) is 0 Å². The lowest BCUT2D eigenvalue weighted by Gasteiger charge is -2.30. The van der Waals surface area contributed by atoms with Crippen LogP contribution in [-0.4, -0.2) is 45.7 Å². The number of anilines is 2. The van der Waals surface area contributed by atoms with E-state index in [0.29, 0.717) is 6.54 Å². The van der Waals surface area contributed by atoms with Crippen LogP contribution in [0.25, 0.3) is 12.2 Å². The second-order valence-corrected chi connectivity index (χ2v) is 7.06. The van der Waals surface area contributed by atoms with Crippen molar-refractivity contribution >= 4 is 29.4 Å². The number of amides is 1. The highest BCUT2D eigenvalue weighted by Crippen LogP contribution is 2.35. The van der Waals surface area contributed by atoms with Crippen LogP contribution in [0.3, 0.4) is 0 Å². The van der Waals surface area contributed by atoms with E-state index in [1.807, 2.05) is 41.3 Å². The fourth-order valence-electron chi connectivity index (χ4n) is 3.74. The Morgan fingerprint density at radius 1 is 0.852 bits per heavy atom. The van der Waals surface area contributed by atoms with Gasteiger partial charge >= 0.3 is 0 Å². The number of quaternary nitrogens is 2. The van der Waals surface area contributed by atoms with E-state index in [9.17, 15) is 4.79 Å². The Bertz CT molecular complexity index is 767. The molecule has 4 nitrogen and oxygen atoms in total.